The fourth-order valence-corrected chi connectivity index (χ4v) is 8.98. The van der Waals surface area contributed by atoms with Gasteiger partial charge in [-0.25, -0.2) is 0 Å². The summed E-state index contributed by atoms with van der Waals surface area (Å²) in [6.45, 7) is 4.22. The number of carboxylic acids is 1. The number of aliphatic carboxylic acids is 1. The van der Waals surface area contributed by atoms with Crippen molar-refractivity contribution in [1.82, 2.24) is 15.5 Å². The first-order chi connectivity index (χ1) is 31.6. The van der Waals surface area contributed by atoms with Crippen molar-refractivity contribution < 1.29 is 44.3 Å². The van der Waals surface area contributed by atoms with Gasteiger partial charge in [-0.2, -0.15) is 0 Å². The number of nitrogens with zero attached hydrogens (tertiary/aromatic N) is 1. The van der Waals surface area contributed by atoms with Gasteiger partial charge in [0, 0.05) is 32.2 Å². The summed E-state index contributed by atoms with van der Waals surface area (Å²) in [4.78, 5) is 54.2. The molecule has 3 amide bonds. The highest BCUT2D eigenvalue weighted by atomic mass is 16.5. The first kappa shape index (κ1) is 58.1. The maximum atomic E-state index is 14.3. The van der Waals surface area contributed by atoms with Crippen LogP contribution in [0.3, 0.4) is 0 Å². The minimum absolute atomic E-state index is 0.0821. The minimum atomic E-state index is -1.57. The Hall–Kier alpha value is -3.06. The van der Waals surface area contributed by atoms with Crippen molar-refractivity contribution >= 4 is 23.7 Å². The van der Waals surface area contributed by atoms with E-state index in [1.165, 1.54) is 109 Å². The summed E-state index contributed by atoms with van der Waals surface area (Å²) in [6, 6.07) is 6.99. The van der Waals surface area contributed by atoms with Crippen LogP contribution in [0.1, 0.15) is 225 Å². The van der Waals surface area contributed by atoms with Crippen molar-refractivity contribution in [3.63, 3.8) is 0 Å². The lowest BCUT2D eigenvalue weighted by Gasteiger charge is -2.47. The van der Waals surface area contributed by atoms with E-state index in [0.717, 1.165) is 44.1 Å². The second-order valence-electron chi connectivity index (χ2n) is 18.8. The van der Waals surface area contributed by atoms with Gasteiger partial charge in [-0.05, 0) is 31.2 Å². The lowest BCUT2D eigenvalue weighted by atomic mass is 9.94. The zero-order valence-electron chi connectivity index (χ0n) is 40.9. The molecule has 1 heterocycles. The molecule has 0 saturated carbocycles. The van der Waals surface area contributed by atoms with Crippen LogP contribution in [0.25, 0.3) is 0 Å². The summed E-state index contributed by atoms with van der Waals surface area (Å²) in [5.74, 6) is -1.93. The highest BCUT2D eigenvalue weighted by Gasteiger charge is 2.48. The van der Waals surface area contributed by atoms with E-state index >= 15 is 0 Å². The van der Waals surface area contributed by atoms with E-state index in [0.29, 0.717) is 45.1 Å². The number of carbonyl (C=O) groups is 4. The maximum Gasteiger partial charge on any atom is 0.303 e. The number of nitrogens with one attached hydrogen (secondary N) is 2. The Morgan fingerprint density at radius 2 is 1.05 bits per heavy atom. The van der Waals surface area contributed by atoms with Crippen molar-refractivity contribution in [2.24, 2.45) is 0 Å². The van der Waals surface area contributed by atoms with Crippen molar-refractivity contribution in [2.45, 2.75) is 262 Å². The molecule has 0 bridgehead atoms. The molecule has 0 spiro atoms. The van der Waals surface area contributed by atoms with Crippen molar-refractivity contribution in [3.05, 3.63) is 35.9 Å². The number of ether oxygens (including phenoxy) is 1. The van der Waals surface area contributed by atoms with Gasteiger partial charge in [-0.15, -0.1) is 0 Å². The highest BCUT2D eigenvalue weighted by Crippen LogP contribution is 2.26. The summed E-state index contributed by atoms with van der Waals surface area (Å²) >= 11 is 0. The highest BCUT2D eigenvalue weighted by molar-refractivity contribution is 5.88. The maximum absolute atomic E-state index is 14.3. The summed E-state index contributed by atoms with van der Waals surface area (Å²) in [5, 5.41) is 47.6. The molecular formula is C53H93N3O9. The number of aliphatic hydroxyl groups excluding tert-OH is 3. The fraction of sp³-hybridized carbons (Fsp3) is 0.811. The van der Waals surface area contributed by atoms with Crippen molar-refractivity contribution in [3.8, 4) is 0 Å². The molecule has 0 aromatic heterocycles. The van der Waals surface area contributed by atoms with Gasteiger partial charge in [0.25, 0.3) is 0 Å². The van der Waals surface area contributed by atoms with Crippen LogP contribution < -0.4 is 10.6 Å². The van der Waals surface area contributed by atoms with E-state index in [1.54, 1.807) is 4.90 Å². The third-order valence-corrected chi connectivity index (χ3v) is 13.1. The Morgan fingerprint density at radius 3 is 1.52 bits per heavy atom. The van der Waals surface area contributed by atoms with Crippen molar-refractivity contribution in [1.29, 1.82) is 0 Å². The molecule has 0 radical (unpaired) electrons. The summed E-state index contributed by atoms with van der Waals surface area (Å²) in [6.07, 6.45) is 27.2. The van der Waals surface area contributed by atoms with Crippen LogP contribution >= 0.6 is 0 Å². The van der Waals surface area contributed by atoms with E-state index in [2.05, 4.69) is 24.5 Å². The lowest BCUT2D eigenvalue weighted by Crippen LogP contribution is -2.70. The summed E-state index contributed by atoms with van der Waals surface area (Å²) in [5.41, 5.74) is 0.806. The normalized spacial score (nSPS) is 18.9. The van der Waals surface area contributed by atoms with E-state index in [9.17, 15) is 34.5 Å². The number of benzene rings is 1. The van der Waals surface area contributed by atoms with Crippen LogP contribution in [0.15, 0.2) is 30.3 Å². The van der Waals surface area contributed by atoms with Crippen LogP contribution in [-0.2, 0) is 30.3 Å². The average Bonchev–Trinajstić information content (AvgIpc) is 3.29. The number of unbranched alkanes of at least 4 members (excludes halogenated alkanes) is 26. The zero-order valence-corrected chi connectivity index (χ0v) is 40.9. The molecule has 6 N–H and O–H groups in total. The van der Waals surface area contributed by atoms with Gasteiger partial charge < -0.3 is 40.7 Å². The largest absolute Gasteiger partial charge is 0.481 e. The van der Waals surface area contributed by atoms with Crippen LogP contribution in [0.5, 0.6) is 0 Å². The SMILES string of the molecule is CCCCCCCCCCCCCCCCCCN(C(=O)CCCCCCCCCCC)[C@@H]1O[C@H](CO)[C@@H](O)[C@H](O)[C@@H]1NC(=O)[C@H](Cc1ccccc1)NC(=O)CCCCCCC(=O)O. The first-order valence-corrected chi connectivity index (χ1v) is 26.4. The molecule has 6 atom stereocenters. The van der Waals surface area contributed by atoms with Crippen LogP contribution in [0.2, 0.25) is 0 Å². The number of carboxylic acid groups (broad SMARTS) is 1. The molecule has 1 aliphatic heterocycles. The molecule has 1 fully saturated rings. The fourth-order valence-electron chi connectivity index (χ4n) is 8.98. The minimum Gasteiger partial charge on any atom is -0.481 e. The standard InChI is InChI=1S/C53H93N3O9/c1-3-5-7-9-11-13-14-15-16-17-18-19-21-23-27-34-40-56(47(59)38-32-24-22-20-12-10-8-6-4-2)53-49(51(63)50(62)45(42-57)65-53)55-52(64)44(41-43-35-29-28-30-36-43)54-46(58)37-31-25-26-33-39-48(60)61/h28-30,35-36,44-45,49-51,53,57,62-63H,3-27,31-34,37-42H2,1-2H3,(H,54,58)(H,55,64)(H,60,61)/t44-,45+,49-,50+,51+,53+/m0/s1. The number of hydrogen-bond acceptors (Lipinski definition) is 8. The Labute approximate surface area is 393 Å². The molecule has 12 nitrogen and oxygen atoms in total. The molecule has 65 heavy (non-hydrogen) atoms. The molecule has 374 valence electrons. The Bertz CT molecular complexity index is 1370. The van der Waals surface area contributed by atoms with Crippen molar-refractivity contribution in [2.75, 3.05) is 13.2 Å². The van der Waals surface area contributed by atoms with Gasteiger partial charge in [0.15, 0.2) is 6.23 Å². The molecule has 1 saturated heterocycles. The quantitative estimate of drug-likeness (QED) is 0.0348. The van der Waals surface area contributed by atoms with Gasteiger partial charge >= 0.3 is 5.97 Å². The number of aliphatic hydroxyl groups is 3. The van der Waals surface area contributed by atoms with Gasteiger partial charge in [0.05, 0.1) is 6.61 Å². The van der Waals surface area contributed by atoms with E-state index in [4.69, 9.17) is 9.84 Å². The second kappa shape index (κ2) is 38.0. The monoisotopic (exact) mass is 916 g/mol. The van der Waals surface area contributed by atoms with Gasteiger partial charge in [-0.3, -0.25) is 19.2 Å². The molecule has 2 rings (SSSR count). The number of carbonyl (C=O) groups excluding carboxylic acids is 3. The summed E-state index contributed by atoms with van der Waals surface area (Å²) < 4.78 is 6.27. The van der Waals surface area contributed by atoms with E-state index < -0.39 is 55.1 Å². The Balaban J connectivity index is 2.12. The number of hydrogen-bond donors (Lipinski definition) is 6. The molecule has 0 aliphatic carbocycles. The third-order valence-electron chi connectivity index (χ3n) is 13.1. The average molecular weight is 916 g/mol. The van der Waals surface area contributed by atoms with Gasteiger partial charge in [-0.1, -0.05) is 205 Å². The topological polar surface area (TPSA) is 186 Å². The molecule has 12 heteroatoms. The van der Waals surface area contributed by atoms with Gasteiger partial charge in [0.1, 0.15) is 30.4 Å². The predicted octanol–water partition coefficient (Wildman–Crippen LogP) is 10.1. The van der Waals surface area contributed by atoms with E-state index in [1.807, 2.05) is 30.3 Å². The molecule has 0 unspecified atom stereocenters. The molecule has 1 aliphatic rings. The molecular weight excluding hydrogens is 823 g/mol. The number of amides is 3. The molecule has 1 aromatic rings. The van der Waals surface area contributed by atoms with Gasteiger partial charge in [0.2, 0.25) is 17.7 Å². The zero-order chi connectivity index (χ0) is 47.3. The predicted molar refractivity (Wildman–Crippen MR) is 260 cm³/mol. The first-order valence-electron chi connectivity index (χ1n) is 26.4. The van der Waals surface area contributed by atoms with Crippen LogP contribution in [0.4, 0.5) is 0 Å². The Morgan fingerprint density at radius 1 is 0.600 bits per heavy atom. The number of rotatable bonds is 41. The smallest absolute Gasteiger partial charge is 0.303 e. The van der Waals surface area contributed by atoms with Crippen LogP contribution in [0, 0.1) is 0 Å². The Kier molecular flexibility index (Phi) is 33.9. The van der Waals surface area contributed by atoms with Crippen LogP contribution in [-0.4, -0.2) is 98.8 Å². The summed E-state index contributed by atoms with van der Waals surface area (Å²) in [7, 11) is 0. The lowest BCUT2D eigenvalue weighted by molar-refractivity contribution is -0.231. The third kappa shape index (κ3) is 26.8. The second-order valence-corrected chi connectivity index (χ2v) is 18.8. The molecule has 1 aromatic carbocycles. The van der Waals surface area contributed by atoms with E-state index in [-0.39, 0.29) is 37.5 Å².